The number of carbonyl (C=O) groups is 1. The van der Waals surface area contributed by atoms with Crippen LogP contribution in [0.3, 0.4) is 0 Å². The van der Waals surface area contributed by atoms with Gasteiger partial charge in [-0.1, -0.05) is 39.0 Å². The van der Waals surface area contributed by atoms with Crippen LogP contribution in [0.5, 0.6) is 0 Å². The molecule has 0 radical (unpaired) electrons. The Hall–Kier alpha value is -0.753. The van der Waals surface area contributed by atoms with E-state index in [1.165, 1.54) is 4.88 Å². The van der Waals surface area contributed by atoms with Gasteiger partial charge in [0.1, 0.15) is 11.9 Å². The van der Waals surface area contributed by atoms with E-state index in [9.17, 15) is 4.79 Å². The Morgan fingerprint density at radius 2 is 2.04 bits per heavy atom. The summed E-state index contributed by atoms with van der Waals surface area (Å²) in [6, 6.07) is 4.09. The fourth-order valence-electron chi connectivity index (χ4n) is 2.33. The zero-order chi connectivity index (χ0) is 17.3. The number of Topliss-reactive ketones (excluding diaryl/α,β-unsaturated/α-hetero) is 1. The van der Waals surface area contributed by atoms with Gasteiger partial charge in [0.15, 0.2) is 8.32 Å². The van der Waals surface area contributed by atoms with Gasteiger partial charge < -0.3 is 9.16 Å². The minimum absolute atomic E-state index is 0.0707. The average Bonchev–Trinajstić information content (AvgIpc) is 2.97. The van der Waals surface area contributed by atoms with E-state index in [2.05, 4.69) is 39.9 Å². The van der Waals surface area contributed by atoms with Crippen molar-refractivity contribution in [1.29, 1.82) is 0 Å². The molecule has 0 amide bonds. The van der Waals surface area contributed by atoms with Crippen molar-refractivity contribution in [3.05, 3.63) is 34.5 Å². The first kappa shape index (κ1) is 18.6. The highest BCUT2D eigenvalue weighted by atomic mass is 32.1. The number of rotatable bonds is 5. The van der Waals surface area contributed by atoms with Crippen molar-refractivity contribution in [2.45, 2.75) is 58.0 Å². The molecule has 0 aromatic carbocycles. The van der Waals surface area contributed by atoms with Crippen LogP contribution in [0.25, 0.3) is 0 Å². The Labute approximate surface area is 144 Å². The fourth-order valence-corrected chi connectivity index (χ4v) is 4.08. The maximum atomic E-state index is 12.0. The normalized spacial score (nSPS) is 25.6. The predicted molar refractivity (Wildman–Crippen MR) is 98.4 cm³/mol. The molecule has 1 aliphatic rings. The van der Waals surface area contributed by atoms with Gasteiger partial charge in [0, 0.05) is 4.88 Å². The average molecular weight is 353 g/mol. The van der Waals surface area contributed by atoms with Gasteiger partial charge in [-0.3, -0.25) is 4.79 Å². The van der Waals surface area contributed by atoms with Crippen LogP contribution in [0.4, 0.5) is 0 Å². The SMILES string of the molecule is CC(=O)[C@H]1C=C[C@@H](c2cccs2)O[C@@H]1CO[Si](C)(C)C(C)(C)C. The molecule has 3 atom stereocenters. The number of carbonyl (C=O) groups excluding carboxylic acids is 1. The van der Waals surface area contributed by atoms with E-state index in [0.29, 0.717) is 6.61 Å². The summed E-state index contributed by atoms with van der Waals surface area (Å²) in [4.78, 5) is 13.1. The molecule has 128 valence electrons. The maximum absolute atomic E-state index is 12.0. The number of hydrogen-bond acceptors (Lipinski definition) is 4. The van der Waals surface area contributed by atoms with Crippen molar-refractivity contribution in [3.63, 3.8) is 0 Å². The lowest BCUT2D eigenvalue weighted by atomic mass is 9.94. The van der Waals surface area contributed by atoms with Crippen molar-refractivity contribution in [2.75, 3.05) is 6.61 Å². The number of ketones is 1. The van der Waals surface area contributed by atoms with Crippen LogP contribution < -0.4 is 0 Å². The Morgan fingerprint density at radius 3 is 2.57 bits per heavy atom. The van der Waals surface area contributed by atoms with Crippen molar-refractivity contribution in [2.24, 2.45) is 5.92 Å². The molecule has 1 aliphatic heterocycles. The first-order valence-corrected chi connectivity index (χ1v) is 11.9. The summed E-state index contributed by atoms with van der Waals surface area (Å²) in [5.74, 6) is -0.0781. The van der Waals surface area contributed by atoms with E-state index in [4.69, 9.17) is 9.16 Å². The summed E-state index contributed by atoms with van der Waals surface area (Å²) in [6.45, 7) is 13.2. The van der Waals surface area contributed by atoms with E-state index >= 15 is 0 Å². The number of thiophene rings is 1. The molecule has 0 N–H and O–H groups in total. The van der Waals surface area contributed by atoms with E-state index in [1.54, 1.807) is 18.3 Å². The predicted octanol–water partition coefficient (Wildman–Crippen LogP) is 4.97. The van der Waals surface area contributed by atoms with Crippen LogP contribution in [0.15, 0.2) is 29.7 Å². The standard InChI is InChI=1S/C18H28O3SSi/c1-13(19)14-9-10-15(17-8-7-11-22-17)21-16(14)12-20-23(5,6)18(2,3)4/h7-11,14-16H,12H2,1-6H3/t14-,15+,16-/m1/s1. The van der Waals surface area contributed by atoms with Crippen LogP contribution in [-0.2, 0) is 14.0 Å². The fraction of sp³-hybridized carbons (Fsp3) is 0.611. The lowest BCUT2D eigenvalue weighted by Gasteiger charge is -2.39. The molecule has 1 aromatic heterocycles. The second-order valence-corrected chi connectivity index (χ2v) is 13.5. The quantitative estimate of drug-likeness (QED) is 0.554. The van der Waals surface area contributed by atoms with Gasteiger partial charge in [-0.15, -0.1) is 11.3 Å². The second kappa shape index (κ2) is 7.01. The van der Waals surface area contributed by atoms with Crippen molar-refractivity contribution in [3.8, 4) is 0 Å². The highest BCUT2D eigenvalue weighted by molar-refractivity contribution is 7.10. The topological polar surface area (TPSA) is 35.5 Å². The van der Waals surface area contributed by atoms with Crippen LogP contribution in [-0.4, -0.2) is 26.8 Å². The highest BCUT2D eigenvalue weighted by Crippen LogP contribution is 2.38. The van der Waals surface area contributed by atoms with Gasteiger partial charge in [0.05, 0.1) is 18.6 Å². The van der Waals surface area contributed by atoms with Crippen LogP contribution in [0.1, 0.15) is 38.7 Å². The van der Waals surface area contributed by atoms with E-state index in [1.807, 2.05) is 23.6 Å². The summed E-state index contributed by atoms with van der Waals surface area (Å²) in [6.07, 6.45) is 3.72. The molecule has 2 heterocycles. The second-order valence-electron chi connectivity index (χ2n) is 7.70. The Morgan fingerprint density at radius 1 is 1.35 bits per heavy atom. The molecule has 0 saturated heterocycles. The van der Waals surface area contributed by atoms with Gasteiger partial charge in [0.2, 0.25) is 0 Å². The molecule has 0 aliphatic carbocycles. The summed E-state index contributed by atoms with van der Waals surface area (Å²) >= 11 is 1.68. The van der Waals surface area contributed by atoms with Crippen molar-refractivity contribution in [1.82, 2.24) is 0 Å². The third-order valence-corrected chi connectivity index (χ3v) is 10.4. The monoisotopic (exact) mass is 352 g/mol. The summed E-state index contributed by atoms with van der Waals surface area (Å²) < 4.78 is 12.5. The molecule has 0 fully saturated rings. The minimum atomic E-state index is -1.85. The summed E-state index contributed by atoms with van der Waals surface area (Å²) in [7, 11) is -1.85. The molecule has 1 aromatic rings. The third kappa shape index (κ3) is 4.41. The first-order valence-electron chi connectivity index (χ1n) is 8.13. The first-order chi connectivity index (χ1) is 10.6. The smallest absolute Gasteiger partial charge is 0.192 e. The lowest BCUT2D eigenvalue weighted by molar-refractivity contribution is -0.128. The van der Waals surface area contributed by atoms with E-state index in [-0.39, 0.29) is 28.9 Å². The molecule has 5 heteroatoms. The third-order valence-electron chi connectivity index (χ3n) is 4.92. The largest absolute Gasteiger partial charge is 0.414 e. The number of hydrogen-bond donors (Lipinski definition) is 0. The Kier molecular flexibility index (Phi) is 5.66. The van der Waals surface area contributed by atoms with Gasteiger partial charge in [-0.2, -0.15) is 0 Å². The summed E-state index contributed by atoms with van der Waals surface area (Å²) in [5, 5.41) is 2.20. The Balaban J connectivity index is 2.11. The Bertz CT molecular complexity index is 557. The molecular formula is C18H28O3SSi. The van der Waals surface area contributed by atoms with Gasteiger partial charge >= 0.3 is 0 Å². The van der Waals surface area contributed by atoms with Crippen molar-refractivity contribution >= 4 is 25.4 Å². The van der Waals surface area contributed by atoms with Gasteiger partial charge in [-0.25, -0.2) is 0 Å². The highest BCUT2D eigenvalue weighted by Gasteiger charge is 2.39. The molecule has 23 heavy (non-hydrogen) atoms. The molecule has 0 spiro atoms. The summed E-state index contributed by atoms with van der Waals surface area (Å²) in [5.41, 5.74) is 0. The minimum Gasteiger partial charge on any atom is -0.414 e. The van der Waals surface area contributed by atoms with E-state index in [0.717, 1.165) is 0 Å². The maximum Gasteiger partial charge on any atom is 0.192 e. The van der Waals surface area contributed by atoms with Crippen LogP contribution in [0.2, 0.25) is 18.1 Å². The van der Waals surface area contributed by atoms with Crippen LogP contribution in [0, 0.1) is 5.92 Å². The van der Waals surface area contributed by atoms with Gasteiger partial charge in [0.25, 0.3) is 0 Å². The number of ether oxygens (including phenoxy) is 1. The molecule has 0 unspecified atom stereocenters. The molecule has 0 saturated carbocycles. The molecule has 3 nitrogen and oxygen atoms in total. The van der Waals surface area contributed by atoms with Crippen molar-refractivity contribution < 1.29 is 14.0 Å². The lowest BCUT2D eigenvalue weighted by Crippen LogP contribution is -2.45. The van der Waals surface area contributed by atoms with Gasteiger partial charge in [-0.05, 0) is 36.5 Å². The zero-order valence-corrected chi connectivity index (χ0v) is 16.8. The van der Waals surface area contributed by atoms with Crippen LogP contribution >= 0.6 is 11.3 Å². The zero-order valence-electron chi connectivity index (χ0n) is 15.0. The van der Waals surface area contributed by atoms with E-state index < -0.39 is 8.32 Å². The molecular weight excluding hydrogens is 324 g/mol. The molecule has 2 rings (SSSR count). The molecule has 0 bridgehead atoms.